The second-order valence-corrected chi connectivity index (χ2v) is 7.10. The molecule has 0 bridgehead atoms. The molecule has 0 saturated heterocycles. The lowest BCUT2D eigenvalue weighted by atomic mass is 10.0. The van der Waals surface area contributed by atoms with Crippen molar-refractivity contribution in [3.63, 3.8) is 0 Å². The summed E-state index contributed by atoms with van der Waals surface area (Å²) in [7, 11) is -5.64. The Balaban J connectivity index is 4.96. The number of aliphatic hydroxyl groups is 11. The molecule has 0 rings (SSSR count). The second-order valence-electron chi connectivity index (χ2n) is 5.77. The fourth-order valence-corrected chi connectivity index (χ4v) is 2.53. The molecular formula is C12H25O16P. The first-order chi connectivity index (χ1) is 13.2. The third-order valence-electron chi connectivity index (χ3n) is 3.52. The van der Waals surface area contributed by atoms with E-state index in [0.717, 1.165) is 0 Å². The van der Waals surface area contributed by atoms with Gasteiger partial charge in [-0.05, 0) is 0 Å². The molecule has 0 heterocycles. The highest BCUT2D eigenvalue weighted by Crippen LogP contribution is 2.45. The Morgan fingerprint density at radius 2 is 1.14 bits per heavy atom. The molecule has 16 nitrogen and oxygen atoms in total. The van der Waals surface area contributed by atoms with Gasteiger partial charge in [-0.1, -0.05) is 0 Å². The molecular weight excluding hydrogens is 431 g/mol. The standard InChI is InChI=1S/C12H25O16P/c13-1-3(15)5(17)7(19)9(21)11(23)27-29(25,26)28-12(24)10(22)8(20)6(18)4(16)2-14/h3-11,13-23H,1-2H2,(H,25,26)/t3-,4-,5-,6-,7+,8+,9+,10+,11?/m1/s1. The van der Waals surface area contributed by atoms with E-state index < -0.39 is 82.1 Å². The van der Waals surface area contributed by atoms with Gasteiger partial charge < -0.3 is 60.7 Å². The first-order valence-electron chi connectivity index (χ1n) is 7.79. The van der Waals surface area contributed by atoms with Crippen LogP contribution in [0.3, 0.4) is 0 Å². The molecule has 0 aromatic heterocycles. The Labute approximate surface area is 162 Å². The lowest BCUT2D eigenvalue weighted by Gasteiger charge is -2.29. The van der Waals surface area contributed by atoms with Crippen LogP contribution in [0.1, 0.15) is 0 Å². The lowest BCUT2D eigenvalue weighted by molar-refractivity contribution is -0.188. The fourth-order valence-electron chi connectivity index (χ4n) is 1.76. The number of hydrogen-bond donors (Lipinski definition) is 12. The maximum atomic E-state index is 11.6. The van der Waals surface area contributed by atoms with Gasteiger partial charge in [0.05, 0.1) is 13.2 Å². The SMILES string of the molecule is O=C(OP(=O)(O)OC(O)[C@@H](O)[C@@H](O)[C@H](O)[C@H](O)CO)[C@@H](O)[C@@H](O)[C@H](O)[C@H](O)CO. The van der Waals surface area contributed by atoms with Crippen molar-refractivity contribution in [2.45, 2.75) is 55.1 Å². The van der Waals surface area contributed by atoms with Gasteiger partial charge in [0.25, 0.3) is 0 Å². The zero-order valence-corrected chi connectivity index (χ0v) is 15.5. The predicted octanol–water partition coefficient (Wildman–Crippen LogP) is -7.16. The van der Waals surface area contributed by atoms with E-state index in [2.05, 4.69) is 9.05 Å². The highest BCUT2D eigenvalue weighted by atomic mass is 31.2. The largest absolute Gasteiger partial charge is 0.532 e. The number of carbonyl (C=O) groups excluding carboxylic acids is 1. The second kappa shape index (κ2) is 12.1. The molecule has 0 aromatic carbocycles. The summed E-state index contributed by atoms with van der Waals surface area (Å²) >= 11 is 0. The summed E-state index contributed by atoms with van der Waals surface area (Å²) in [5.41, 5.74) is 0. The molecule has 0 aliphatic rings. The summed E-state index contributed by atoms with van der Waals surface area (Å²) in [5, 5.41) is 102. The topological polar surface area (TPSA) is 295 Å². The normalized spacial score (nSPS) is 23.6. The summed E-state index contributed by atoms with van der Waals surface area (Å²) in [6.07, 6.45) is -21.5. The Morgan fingerprint density at radius 3 is 1.55 bits per heavy atom. The maximum absolute atomic E-state index is 11.6. The van der Waals surface area contributed by atoms with Crippen molar-refractivity contribution in [2.24, 2.45) is 0 Å². The predicted molar refractivity (Wildman–Crippen MR) is 85.2 cm³/mol. The minimum Gasteiger partial charge on any atom is -0.394 e. The number of aliphatic hydroxyl groups excluding tert-OH is 11. The quantitative estimate of drug-likeness (QED) is 0.0904. The van der Waals surface area contributed by atoms with Gasteiger partial charge in [0.2, 0.25) is 0 Å². The van der Waals surface area contributed by atoms with E-state index in [9.17, 15) is 50.0 Å². The van der Waals surface area contributed by atoms with Crippen LogP contribution in [0.15, 0.2) is 0 Å². The maximum Gasteiger partial charge on any atom is 0.532 e. The minimum absolute atomic E-state index is 1.06. The Bertz CT molecular complexity index is 546. The molecule has 0 fully saturated rings. The van der Waals surface area contributed by atoms with Crippen molar-refractivity contribution < 1.29 is 79.5 Å². The highest BCUT2D eigenvalue weighted by molar-refractivity contribution is 7.48. The van der Waals surface area contributed by atoms with Crippen molar-refractivity contribution >= 4 is 13.8 Å². The molecule has 0 aliphatic carbocycles. The average Bonchev–Trinajstić information content (AvgIpc) is 2.67. The number of phosphoric ester groups is 1. The molecule has 174 valence electrons. The number of carbonyl (C=O) groups is 1. The van der Waals surface area contributed by atoms with Crippen LogP contribution in [-0.4, -0.2) is 135 Å². The summed E-state index contributed by atoms with van der Waals surface area (Å²) in [5.74, 6) is -2.09. The third-order valence-corrected chi connectivity index (χ3v) is 4.41. The van der Waals surface area contributed by atoms with Gasteiger partial charge in [-0.15, -0.1) is 0 Å². The molecule has 0 spiro atoms. The Morgan fingerprint density at radius 1 is 0.724 bits per heavy atom. The zero-order chi connectivity index (χ0) is 23.1. The summed E-state index contributed by atoms with van der Waals surface area (Å²) in [6, 6.07) is 0. The van der Waals surface area contributed by atoms with Crippen LogP contribution in [0, 0.1) is 0 Å². The van der Waals surface area contributed by atoms with Gasteiger partial charge in [0.1, 0.15) is 42.7 Å². The Kier molecular flexibility index (Phi) is 11.8. The van der Waals surface area contributed by atoms with Crippen molar-refractivity contribution in [1.29, 1.82) is 0 Å². The van der Waals surface area contributed by atoms with Crippen molar-refractivity contribution in [1.82, 2.24) is 0 Å². The van der Waals surface area contributed by atoms with E-state index in [4.69, 9.17) is 20.4 Å². The van der Waals surface area contributed by atoms with Gasteiger partial charge in [-0.2, -0.15) is 0 Å². The lowest BCUT2D eigenvalue weighted by Crippen LogP contribution is -2.50. The first-order valence-corrected chi connectivity index (χ1v) is 9.28. The van der Waals surface area contributed by atoms with Crippen molar-refractivity contribution in [3.05, 3.63) is 0 Å². The van der Waals surface area contributed by atoms with E-state index in [-0.39, 0.29) is 0 Å². The van der Waals surface area contributed by atoms with Gasteiger partial charge >= 0.3 is 13.8 Å². The van der Waals surface area contributed by atoms with Gasteiger partial charge in [-0.3, -0.25) is 4.89 Å². The number of hydrogen-bond acceptors (Lipinski definition) is 15. The fraction of sp³-hybridized carbons (Fsp3) is 0.917. The molecule has 0 amide bonds. The third kappa shape index (κ3) is 8.44. The monoisotopic (exact) mass is 456 g/mol. The summed E-state index contributed by atoms with van der Waals surface area (Å²) in [6.45, 7) is -2.14. The molecule has 0 aromatic rings. The van der Waals surface area contributed by atoms with Crippen LogP contribution in [0.4, 0.5) is 0 Å². The number of phosphoric acid groups is 1. The highest BCUT2D eigenvalue weighted by Gasteiger charge is 2.42. The van der Waals surface area contributed by atoms with E-state index in [1.54, 1.807) is 0 Å². The first kappa shape index (κ1) is 28.2. The molecule has 17 heteroatoms. The Hall–Kier alpha value is -0.820. The van der Waals surface area contributed by atoms with E-state index in [1.165, 1.54) is 0 Å². The number of rotatable bonds is 13. The molecule has 10 atom stereocenters. The molecule has 12 N–H and O–H groups in total. The zero-order valence-electron chi connectivity index (χ0n) is 14.6. The summed E-state index contributed by atoms with van der Waals surface area (Å²) < 4.78 is 19.4. The van der Waals surface area contributed by atoms with Crippen molar-refractivity contribution in [3.8, 4) is 0 Å². The van der Waals surface area contributed by atoms with Gasteiger partial charge in [0, 0.05) is 0 Å². The van der Waals surface area contributed by atoms with Crippen LogP contribution in [0.25, 0.3) is 0 Å². The molecule has 2 unspecified atom stereocenters. The minimum atomic E-state index is -5.64. The molecule has 29 heavy (non-hydrogen) atoms. The van der Waals surface area contributed by atoms with Crippen LogP contribution in [0.5, 0.6) is 0 Å². The summed E-state index contributed by atoms with van der Waals surface area (Å²) in [4.78, 5) is 20.9. The smallest absolute Gasteiger partial charge is 0.394 e. The average molecular weight is 456 g/mol. The van der Waals surface area contributed by atoms with Crippen molar-refractivity contribution in [2.75, 3.05) is 13.2 Å². The molecule has 0 aliphatic heterocycles. The van der Waals surface area contributed by atoms with Crippen LogP contribution < -0.4 is 0 Å². The van der Waals surface area contributed by atoms with Crippen LogP contribution in [0.2, 0.25) is 0 Å². The van der Waals surface area contributed by atoms with Gasteiger partial charge in [-0.25, -0.2) is 13.9 Å². The van der Waals surface area contributed by atoms with Gasteiger partial charge in [0.15, 0.2) is 12.4 Å². The van der Waals surface area contributed by atoms with E-state index >= 15 is 0 Å². The molecule has 0 saturated carbocycles. The van der Waals surface area contributed by atoms with E-state index in [0.29, 0.717) is 0 Å². The van der Waals surface area contributed by atoms with Crippen LogP contribution in [-0.2, 0) is 18.4 Å². The van der Waals surface area contributed by atoms with E-state index in [1.807, 2.05) is 0 Å². The van der Waals surface area contributed by atoms with Crippen LogP contribution >= 0.6 is 7.82 Å². The molecule has 0 radical (unpaired) electrons.